The zero-order valence-electron chi connectivity index (χ0n) is 11.3. The molecule has 1 atom stereocenters. The van der Waals surface area contributed by atoms with Gasteiger partial charge in [0.05, 0.1) is 16.4 Å². The lowest BCUT2D eigenvalue weighted by atomic mass is 10.3. The van der Waals surface area contributed by atoms with E-state index in [2.05, 4.69) is 26.3 Å². The van der Waals surface area contributed by atoms with Gasteiger partial charge in [0.25, 0.3) is 5.91 Å². The molecule has 0 bridgehead atoms. The van der Waals surface area contributed by atoms with Crippen LogP contribution in [0.4, 0.5) is 5.69 Å². The zero-order valence-corrected chi connectivity index (χ0v) is 12.9. The van der Waals surface area contributed by atoms with E-state index in [1.807, 2.05) is 31.2 Å². The van der Waals surface area contributed by atoms with Crippen molar-refractivity contribution in [3.8, 4) is 5.75 Å². The van der Waals surface area contributed by atoms with Crippen molar-refractivity contribution >= 4 is 27.5 Å². The van der Waals surface area contributed by atoms with Gasteiger partial charge in [0.15, 0.2) is 6.10 Å². The van der Waals surface area contributed by atoms with Crippen LogP contribution in [0.1, 0.15) is 13.8 Å². The topological polar surface area (TPSA) is 56.2 Å². The van der Waals surface area contributed by atoms with Crippen molar-refractivity contribution in [1.82, 2.24) is 9.78 Å². The van der Waals surface area contributed by atoms with Gasteiger partial charge < -0.3 is 10.1 Å². The SMILES string of the molecule is CCn1cc(NC(=O)[C@@H](C)Oc2ccccc2Br)cn1. The molecule has 1 N–H and O–H groups in total. The molecule has 6 heteroatoms. The minimum absolute atomic E-state index is 0.212. The van der Waals surface area contributed by atoms with E-state index in [1.165, 1.54) is 0 Å². The fourth-order valence-corrected chi connectivity index (χ4v) is 2.01. The van der Waals surface area contributed by atoms with Crippen LogP contribution >= 0.6 is 15.9 Å². The number of benzene rings is 1. The highest BCUT2D eigenvalue weighted by Crippen LogP contribution is 2.25. The Labute approximate surface area is 126 Å². The van der Waals surface area contributed by atoms with E-state index >= 15 is 0 Å². The number of hydrogen-bond acceptors (Lipinski definition) is 3. The molecule has 5 nitrogen and oxygen atoms in total. The summed E-state index contributed by atoms with van der Waals surface area (Å²) in [4.78, 5) is 12.0. The number of ether oxygens (including phenoxy) is 1. The Morgan fingerprint density at radius 3 is 2.90 bits per heavy atom. The Morgan fingerprint density at radius 2 is 2.25 bits per heavy atom. The molecule has 1 amide bonds. The first kappa shape index (κ1) is 14.6. The highest BCUT2D eigenvalue weighted by molar-refractivity contribution is 9.10. The quantitative estimate of drug-likeness (QED) is 0.912. The first-order chi connectivity index (χ1) is 9.60. The molecule has 0 aliphatic carbocycles. The number of aromatic nitrogens is 2. The minimum atomic E-state index is -0.598. The van der Waals surface area contributed by atoms with Crippen molar-refractivity contribution in [2.45, 2.75) is 26.5 Å². The van der Waals surface area contributed by atoms with E-state index in [9.17, 15) is 4.79 Å². The normalized spacial score (nSPS) is 11.9. The number of aryl methyl sites for hydroxylation is 1. The molecule has 106 valence electrons. The highest BCUT2D eigenvalue weighted by Gasteiger charge is 2.16. The van der Waals surface area contributed by atoms with Gasteiger partial charge in [0.1, 0.15) is 5.75 Å². The van der Waals surface area contributed by atoms with Crippen molar-refractivity contribution in [2.24, 2.45) is 0 Å². The largest absolute Gasteiger partial charge is 0.480 e. The third kappa shape index (κ3) is 3.60. The van der Waals surface area contributed by atoms with Gasteiger partial charge in [-0.25, -0.2) is 0 Å². The maximum Gasteiger partial charge on any atom is 0.265 e. The average Bonchev–Trinajstić information content (AvgIpc) is 2.89. The number of carbonyl (C=O) groups excluding carboxylic acids is 1. The second-order valence-corrected chi connectivity index (χ2v) is 5.12. The number of para-hydroxylation sites is 1. The number of nitrogens with one attached hydrogen (secondary N) is 1. The summed E-state index contributed by atoms with van der Waals surface area (Å²) >= 11 is 3.38. The van der Waals surface area contributed by atoms with E-state index in [0.29, 0.717) is 11.4 Å². The number of halogens is 1. The smallest absolute Gasteiger partial charge is 0.265 e. The zero-order chi connectivity index (χ0) is 14.5. The van der Waals surface area contributed by atoms with Crippen LogP contribution in [0, 0.1) is 0 Å². The second-order valence-electron chi connectivity index (χ2n) is 4.26. The molecule has 0 saturated heterocycles. The van der Waals surface area contributed by atoms with E-state index in [4.69, 9.17) is 4.74 Å². The van der Waals surface area contributed by atoms with Crippen molar-refractivity contribution in [1.29, 1.82) is 0 Å². The van der Waals surface area contributed by atoms with Crippen LogP contribution in [0.5, 0.6) is 5.75 Å². The lowest BCUT2D eigenvalue weighted by Crippen LogP contribution is -2.30. The highest BCUT2D eigenvalue weighted by atomic mass is 79.9. The molecular weight excluding hydrogens is 322 g/mol. The molecule has 0 fully saturated rings. The van der Waals surface area contributed by atoms with E-state index in [1.54, 1.807) is 24.0 Å². The third-order valence-corrected chi connectivity index (χ3v) is 3.39. The fourth-order valence-electron chi connectivity index (χ4n) is 1.63. The van der Waals surface area contributed by atoms with Crippen LogP contribution < -0.4 is 10.1 Å². The predicted octanol–water partition coefficient (Wildman–Crippen LogP) is 3.07. The number of rotatable bonds is 5. The van der Waals surface area contributed by atoms with Gasteiger partial charge in [0.2, 0.25) is 0 Å². The maximum atomic E-state index is 12.0. The van der Waals surface area contributed by atoms with E-state index in [-0.39, 0.29) is 5.91 Å². The molecule has 0 aliphatic heterocycles. The molecule has 0 spiro atoms. The summed E-state index contributed by atoms with van der Waals surface area (Å²) in [6, 6.07) is 7.42. The first-order valence-electron chi connectivity index (χ1n) is 6.34. The average molecular weight is 338 g/mol. The Hall–Kier alpha value is -1.82. The van der Waals surface area contributed by atoms with Crippen molar-refractivity contribution in [2.75, 3.05) is 5.32 Å². The second kappa shape index (κ2) is 6.56. The summed E-state index contributed by atoms with van der Waals surface area (Å²) in [5.74, 6) is 0.427. The Balaban J connectivity index is 1.97. The van der Waals surface area contributed by atoms with E-state index < -0.39 is 6.10 Å². The van der Waals surface area contributed by atoms with E-state index in [0.717, 1.165) is 11.0 Å². The van der Waals surface area contributed by atoms with Gasteiger partial charge in [-0.15, -0.1) is 0 Å². The molecule has 1 heterocycles. The van der Waals surface area contributed by atoms with Crippen LogP contribution in [-0.2, 0) is 11.3 Å². The number of anilines is 1. The van der Waals surface area contributed by atoms with Gasteiger partial charge in [-0.05, 0) is 41.9 Å². The number of amides is 1. The number of carbonyl (C=O) groups is 1. The monoisotopic (exact) mass is 337 g/mol. The van der Waals surface area contributed by atoms with Gasteiger partial charge in [0, 0.05) is 12.7 Å². The van der Waals surface area contributed by atoms with Crippen LogP contribution in [0.2, 0.25) is 0 Å². The Morgan fingerprint density at radius 1 is 1.50 bits per heavy atom. The Bertz CT molecular complexity index is 598. The van der Waals surface area contributed by atoms with Gasteiger partial charge in [-0.2, -0.15) is 5.10 Å². The van der Waals surface area contributed by atoms with Crippen molar-refractivity contribution in [3.05, 3.63) is 41.1 Å². The summed E-state index contributed by atoms with van der Waals surface area (Å²) in [5, 5.41) is 6.87. The van der Waals surface area contributed by atoms with Crippen molar-refractivity contribution < 1.29 is 9.53 Å². The molecule has 0 unspecified atom stereocenters. The molecule has 2 aromatic rings. The molecule has 1 aromatic carbocycles. The van der Waals surface area contributed by atoms with Crippen LogP contribution in [0.3, 0.4) is 0 Å². The summed E-state index contributed by atoms with van der Waals surface area (Å²) < 4.78 is 8.19. The van der Waals surface area contributed by atoms with Crippen LogP contribution in [-0.4, -0.2) is 21.8 Å². The van der Waals surface area contributed by atoms with Crippen molar-refractivity contribution in [3.63, 3.8) is 0 Å². The van der Waals surface area contributed by atoms with Crippen LogP contribution in [0.15, 0.2) is 41.1 Å². The molecular formula is C14H16BrN3O2. The fraction of sp³-hybridized carbons (Fsp3) is 0.286. The van der Waals surface area contributed by atoms with Gasteiger partial charge >= 0.3 is 0 Å². The lowest BCUT2D eigenvalue weighted by molar-refractivity contribution is -0.122. The van der Waals surface area contributed by atoms with Gasteiger partial charge in [-0.3, -0.25) is 9.48 Å². The summed E-state index contributed by atoms with van der Waals surface area (Å²) in [6.07, 6.45) is 2.80. The molecule has 20 heavy (non-hydrogen) atoms. The number of nitrogens with zero attached hydrogens (tertiary/aromatic N) is 2. The molecule has 2 rings (SSSR count). The number of hydrogen-bond donors (Lipinski definition) is 1. The molecule has 0 radical (unpaired) electrons. The lowest BCUT2D eigenvalue weighted by Gasteiger charge is -2.14. The molecule has 1 aromatic heterocycles. The molecule has 0 aliphatic rings. The van der Waals surface area contributed by atoms with Gasteiger partial charge in [-0.1, -0.05) is 12.1 Å². The summed E-state index contributed by atoms with van der Waals surface area (Å²) in [7, 11) is 0. The maximum absolute atomic E-state index is 12.0. The third-order valence-electron chi connectivity index (χ3n) is 2.73. The summed E-state index contributed by atoms with van der Waals surface area (Å²) in [6.45, 7) is 4.45. The minimum Gasteiger partial charge on any atom is -0.480 e. The van der Waals surface area contributed by atoms with Crippen LogP contribution in [0.25, 0.3) is 0 Å². The summed E-state index contributed by atoms with van der Waals surface area (Å²) in [5.41, 5.74) is 0.666. The Kier molecular flexibility index (Phi) is 4.79. The standard InChI is InChI=1S/C14H16BrN3O2/c1-3-18-9-11(8-16-18)17-14(19)10(2)20-13-7-5-4-6-12(13)15/h4-10H,3H2,1-2H3,(H,17,19)/t10-/m1/s1. The molecule has 0 saturated carbocycles. The first-order valence-corrected chi connectivity index (χ1v) is 7.14. The predicted molar refractivity (Wildman–Crippen MR) is 80.8 cm³/mol.